The molecule has 414 valence electrons. The second-order valence-electron chi connectivity index (χ2n) is 20.0. The van der Waals surface area contributed by atoms with Crippen LogP contribution < -0.4 is 5.32 Å². The molecule has 0 saturated carbocycles. The number of aliphatic hydroxyl groups excluding tert-OH is 2. The molecule has 0 aliphatic rings. The Balaban J connectivity index is 3.67. The van der Waals surface area contributed by atoms with E-state index >= 15 is 0 Å². The lowest BCUT2D eigenvalue weighted by atomic mass is 10.0. The third kappa shape index (κ3) is 59.0. The van der Waals surface area contributed by atoms with Crippen LogP contribution in [0.5, 0.6) is 0 Å². The zero-order valence-corrected chi connectivity index (χ0v) is 47.6. The van der Waals surface area contributed by atoms with Gasteiger partial charge < -0.3 is 15.5 Å². The Morgan fingerprint density at radius 3 is 0.959 bits per heavy atom. The number of hydrogen-bond acceptors (Lipinski definition) is 3. The largest absolute Gasteiger partial charge is 0.394 e. The van der Waals surface area contributed by atoms with Crippen molar-refractivity contribution in [2.24, 2.45) is 0 Å². The number of carbonyl (C=O) groups is 1. The fourth-order valence-corrected chi connectivity index (χ4v) is 8.46. The van der Waals surface area contributed by atoms with E-state index < -0.39 is 12.1 Å². The summed E-state index contributed by atoms with van der Waals surface area (Å²) in [5, 5.41) is 23.2. The molecule has 0 fully saturated rings. The number of carbonyl (C=O) groups excluding carboxylic acids is 1. The van der Waals surface area contributed by atoms with Gasteiger partial charge >= 0.3 is 0 Å². The van der Waals surface area contributed by atoms with Gasteiger partial charge in [0.2, 0.25) is 5.91 Å². The summed E-state index contributed by atoms with van der Waals surface area (Å²) >= 11 is 0. The van der Waals surface area contributed by atoms with Crippen molar-refractivity contribution in [2.75, 3.05) is 6.61 Å². The number of allylic oxidation sites excluding steroid dienone is 23. The number of hydrogen-bond donors (Lipinski definition) is 3. The minimum Gasteiger partial charge on any atom is -0.394 e. The Hall–Kier alpha value is -3.73. The van der Waals surface area contributed by atoms with Crippen molar-refractivity contribution < 1.29 is 15.0 Å². The topological polar surface area (TPSA) is 69.6 Å². The lowest BCUT2D eigenvalue weighted by Gasteiger charge is -2.19. The Morgan fingerprint density at radius 2 is 0.616 bits per heavy atom. The van der Waals surface area contributed by atoms with E-state index in [1.54, 1.807) is 6.08 Å². The van der Waals surface area contributed by atoms with E-state index in [0.29, 0.717) is 6.42 Å². The predicted octanol–water partition coefficient (Wildman–Crippen LogP) is 20.8. The van der Waals surface area contributed by atoms with Gasteiger partial charge in [-0.05, 0) is 109 Å². The molecule has 0 aromatic rings. The Labute approximate surface area is 453 Å². The summed E-state index contributed by atoms with van der Waals surface area (Å²) in [6.45, 7) is 4.18. The monoisotopic (exact) mass is 1010 g/mol. The lowest BCUT2D eigenvalue weighted by Crippen LogP contribution is -2.45. The minimum atomic E-state index is -0.880. The normalized spacial score (nSPS) is 13.9. The summed E-state index contributed by atoms with van der Waals surface area (Å²) in [6, 6.07) is -0.659. The molecule has 0 radical (unpaired) electrons. The quantitative estimate of drug-likeness (QED) is 0.0420. The van der Waals surface area contributed by atoms with Crippen LogP contribution in [0.15, 0.2) is 146 Å². The van der Waals surface area contributed by atoms with E-state index in [1.165, 1.54) is 135 Å². The van der Waals surface area contributed by atoms with E-state index in [1.807, 2.05) is 6.08 Å². The highest BCUT2D eigenvalue weighted by atomic mass is 16.3. The molecule has 0 aromatic carbocycles. The van der Waals surface area contributed by atoms with Gasteiger partial charge in [0.25, 0.3) is 0 Å². The van der Waals surface area contributed by atoms with Crippen LogP contribution in [0.4, 0.5) is 0 Å². The van der Waals surface area contributed by atoms with Crippen LogP contribution in [-0.2, 0) is 4.79 Å². The first-order valence-corrected chi connectivity index (χ1v) is 30.5. The molecule has 4 heteroatoms. The zero-order chi connectivity index (χ0) is 52.7. The smallest absolute Gasteiger partial charge is 0.220 e. The molecule has 4 nitrogen and oxygen atoms in total. The maximum absolute atomic E-state index is 12.5. The highest BCUT2D eigenvalue weighted by Crippen LogP contribution is 2.15. The molecule has 0 aliphatic heterocycles. The van der Waals surface area contributed by atoms with E-state index in [0.717, 1.165) is 109 Å². The SMILES string of the molecule is CC/C=C\C/C=C\C/C=C\C/C=C\C/C=C\C/C=C\C/C=C\C/C=C\C/C=C\C/C=C\CCCCCCCCC(=O)NC(CO)C(O)/C=C/CC/C=C/CCCCCCCCCCCCCCCCCCCC. The van der Waals surface area contributed by atoms with Gasteiger partial charge in [0.05, 0.1) is 18.8 Å². The summed E-state index contributed by atoms with van der Waals surface area (Å²) < 4.78 is 0. The van der Waals surface area contributed by atoms with Gasteiger partial charge in [0, 0.05) is 6.42 Å². The van der Waals surface area contributed by atoms with Crippen LogP contribution in [0.25, 0.3) is 0 Å². The van der Waals surface area contributed by atoms with E-state index in [2.05, 4.69) is 153 Å². The molecule has 0 spiro atoms. The maximum atomic E-state index is 12.5. The second kappa shape index (κ2) is 62.6. The highest BCUT2D eigenvalue weighted by Gasteiger charge is 2.18. The van der Waals surface area contributed by atoms with Crippen molar-refractivity contribution in [2.45, 2.75) is 276 Å². The van der Waals surface area contributed by atoms with Gasteiger partial charge in [-0.3, -0.25) is 4.79 Å². The number of rotatable bonds is 54. The van der Waals surface area contributed by atoms with Gasteiger partial charge in [-0.1, -0.05) is 295 Å². The predicted molar refractivity (Wildman–Crippen MR) is 326 cm³/mol. The maximum Gasteiger partial charge on any atom is 0.220 e. The fourth-order valence-electron chi connectivity index (χ4n) is 8.46. The van der Waals surface area contributed by atoms with Gasteiger partial charge in [-0.25, -0.2) is 0 Å². The van der Waals surface area contributed by atoms with Gasteiger partial charge in [-0.2, -0.15) is 0 Å². The van der Waals surface area contributed by atoms with Crippen LogP contribution in [-0.4, -0.2) is 34.9 Å². The molecule has 3 N–H and O–H groups in total. The molecule has 0 saturated heterocycles. The summed E-state index contributed by atoms with van der Waals surface area (Å²) in [6.07, 6.45) is 98.7. The fraction of sp³-hybridized carbons (Fsp3) is 0.638. The number of aliphatic hydroxyl groups is 2. The van der Waals surface area contributed by atoms with E-state index in [9.17, 15) is 15.0 Å². The molecule has 2 atom stereocenters. The first kappa shape index (κ1) is 69.3. The first-order chi connectivity index (χ1) is 36.2. The van der Waals surface area contributed by atoms with Crippen LogP contribution in [0.2, 0.25) is 0 Å². The molecule has 73 heavy (non-hydrogen) atoms. The molecule has 0 aromatic heterocycles. The molecule has 0 bridgehead atoms. The molecule has 0 aliphatic carbocycles. The molecule has 0 rings (SSSR count). The molecule has 2 unspecified atom stereocenters. The second-order valence-corrected chi connectivity index (χ2v) is 20.0. The minimum absolute atomic E-state index is 0.0928. The molecular formula is C69H115NO3. The van der Waals surface area contributed by atoms with Crippen molar-refractivity contribution >= 4 is 5.91 Å². The van der Waals surface area contributed by atoms with Crippen molar-refractivity contribution in [3.05, 3.63) is 146 Å². The summed E-state index contributed by atoms with van der Waals surface area (Å²) in [4.78, 5) is 12.5. The van der Waals surface area contributed by atoms with Crippen LogP contribution >= 0.6 is 0 Å². The first-order valence-electron chi connectivity index (χ1n) is 30.5. The average Bonchev–Trinajstić information content (AvgIpc) is 3.40. The number of unbranched alkanes of at least 4 members (excludes halogenated alkanes) is 25. The average molecular weight is 1010 g/mol. The van der Waals surface area contributed by atoms with Crippen molar-refractivity contribution in [1.82, 2.24) is 5.32 Å². The third-order valence-corrected chi connectivity index (χ3v) is 13.1. The molecular weight excluding hydrogens is 891 g/mol. The Bertz CT molecular complexity index is 1510. The third-order valence-electron chi connectivity index (χ3n) is 13.1. The summed E-state index contributed by atoms with van der Waals surface area (Å²) in [7, 11) is 0. The van der Waals surface area contributed by atoms with Gasteiger partial charge in [-0.15, -0.1) is 0 Å². The van der Waals surface area contributed by atoms with Crippen molar-refractivity contribution in [1.29, 1.82) is 0 Å². The zero-order valence-electron chi connectivity index (χ0n) is 47.6. The van der Waals surface area contributed by atoms with Crippen molar-refractivity contribution in [3.8, 4) is 0 Å². The van der Waals surface area contributed by atoms with Crippen LogP contribution in [0.1, 0.15) is 264 Å². The van der Waals surface area contributed by atoms with Crippen LogP contribution in [0.3, 0.4) is 0 Å². The summed E-state index contributed by atoms with van der Waals surface area (Å²) in [5.41, 5.74) is 0. The Morgan fingerprint density at radius 1 is 0.342 bits per heavy atom. The highest BCUT2D eigenvalue weighted by molar-refractivity contribution is 5.76. The lowest BCUT2D eigenvalue weighted by molar-refractivity contribution is -0.123. The molecule has 0 heterocycles. The standard InChI is InChI=1S/C69H115NO3/c1-3-5-7-9-11-13-15-17-19-21-23-25-27-29-30-31-32-33-34-35-36-37-38-39-40-41-43-45-47-49-51-53-55-57-59-61-63-65-69(73)70-67(66-71)68(72)64-62-60-58-56-54-52-50-48-46-44-42-28-26-24-22-20-18-16-14-12-10-8-6-4-2/h5,7,11,13,17,19,23,25,29-30,32-33,35-36,38-39,41,43,47,49,54,56,62,64,67-68,71-72H,3-4,6,8-10,12,14-16,18,20-22,24,26-28,31,34,37,40,42,44-46,48,50-53,55,57-61,63,65-66H2,1-2H3,(H,70,73)/b7-5-,13-11-,19-17-,25-23-,30-29-,33-32-,36-35-,39-38-,43-41-,49-47-,56-54+,64-62+. The number of amides is 1. The summed E-state index contributed by atoms with van der Waals surface area (Å²) in [5.74, 6) is -0.0928. The van der Waals surface area contributed by atoms with Gasteiger partial charge in [0.1, 0.15) is 0 Å². The van der Waals surface area contributed by atoms with E-state index in [-0.39, 0.29) is 12.5 Å². The molecule has 1 amide bonds. The number of nitrogens with one attached hydrogen (secondary N) is 1. The van der Waals surface area contributed by atoms with Gasteiger partial charge in [0.15, 0.2) is 0 Å². The Kier molecular flexibility index (Phi) is 59.4. The van der Waals surface area contributed by atoms with E-state index in [4.69, 9.17) is 0 Å². The van der Waals surface area contributed by atoms with Crippen molar-refractivity contribution in [3.63, 3.8) is 0 Å². The van der Waals surface area contributed by atoms with Crippen LogP contribution in [0, 0.1) is 0 Å².